The van der Waals surface area contributed by atoms with Crippen LogP contribution in [0.1, 0.15) is 19.4 Å². The van der Waals surface area contributed by atoms with Crippen molar-refractivity contribution in [3.05, 3.63) is 29.8 Å². The van der Waals surface area contributed by atoms with Crippen LogP contribution in [0.15, 0.2) is 24.3 Å². The van der Waals surface area contributed by atoms with E-state index in [2.05, 4.69) is 10.1 Å². The van der Waals surface area contributed by atoms with Gasteiger partial charge < -0.3 is 10.1 Å². The average Bonchev–Trinajstić information content (AvgIpc) is 2.34. The molecule has 1 aromatic rings. The molecule has 6 heteroatoms. The Hall–Kier alpha value is -1.72. The number of anilines is 1. The number of rotatable bonds is 4. The maximum Gasteiger partial charge on any atom is 0.418 e. The first-order chi connectivity index (χ1) is 8.68. The molecule has 19 heavy (non-hydrogen) atoms. The number of nitrogens with one attached hydrogen (secondary N) is 1. The lowest BCUT2D eigenvalue weighted by Gasteiger charge is -2.23. The summed E-state index contributed by atoms with van der Waals surface area (Å²) in [5, 5.41) is 2.65. The highest BCUT2D eigenvalue weighted by molar-refractivity contribution is 5.76. The van der Waals surface area contributed by atoms with Crippen LogP contribution in [0.3, 0.4) is 0 Å². The molecule has 1 rings (SSSR count). The number of para-hydroxylation sites is 1. The fourth-order valence-corrected chi connectivity index (χ4v) is 1.55. The van der Waals surface area contributed by atoms with Crippen LogP contribution in [0, 0.1) is 5.41 Å². The molecule has 0 fully saturated rings. The Morgan fingerprint density at radius 1 is 1.26 bits per heavy atom. The lowest BCUT2D eigenvalue weighted by Crippen LogP contribution is -2.33. The van der Waals surface area contributed by atoms with E-state index in [0.29, 0.717) is 0 Å². The van der Waals surface area contributed by atoms with Gasteiger partial charge in [0.05, 0.1) is 18.1 Å². The highest BCUT2D eigenvalue weighted by Gasteiger charge is 2.34. The van der Waals surface area contributed by atoms with Crippen molar-refractivity contribution in [2.24, 2.45) is 5.41 Å². The van der Waals surface area contributed by atoms with Gasteiger partial charge in [0.25, 0.3) is 0 Å². The Labute approximate surface area is 109 Å². The van der Waals surface area contributed by atoms with E-state index in [9.17, 15) is 18.0 Å². The Balaban J connectivity index is 2.87. The minimum Gasteiger partial charge on any atom is -0.469 e. The summed E-state index contributed by atoms with van der Waals surface area (Å²) in [6.07, 6.45) is -4.43. The minimum absolute atomic E-state index is 0.0484. The summed E-state index contributed by atoms with van der Waals surface area (Å²) in [7, 11) is 1.24. The number of carbonyl (C=O) groups excluding carboxylic acids is 1. The molecule has 106 valence electrons. The van der Waals surface area contributed by atoms with Gasteiger partial charge in [0.2, 0.25) is 0 Å². The molecule has 1 aromatic carbocycles. The summed E-state index contributed by atoms with van der Waals surface area (Å²) in [6, 6.07) is 5.14. The molecule has 0 amide bonds. The van der Waals surface area contributed by atoms with E-state index in [-0.39, 0.29) is 12.2 Å². The Kier molecular flexibility index (Phi) is 4.44. The molecule has 1 N–H and O–H groups in total. The fraction of sp³-hybridized carbons (Fsp3) is 0.462. The molecule has 0 heterocycles. The van der Waals surface area contributed by atoms with E-state index >= 15 is 0 Å². The second-order valence-corrected chi connectivity index (χ2v) is 4.77. The number of carbonyl (C=O) groups is 1. The lowest BCUT2D eigenvalue weighted by atomic mass is 9.93. The van der Waals surface area contributed by atoms with Crippen LogP contribution >= 0.6 is 0 Å². The normalized spacial score (nSPS) is 12.1. The molecule has 3 nitrogen and oxygen atoms in total. The van der Waals surface area contributed by atoms with Crippen molar-refractivity contribution in [2.75, 3.05) is 19.0 Å². The molecule has 0 aromatic heterocycles. The highest BCUT2D eigenvalue weighted by atomic mass is 19.4. The van der Waals surface area contributed by atoms with Gasteiger partial charge in [-0.15, -0.1) is 0 Å². The molecular formula is C13H16F3NO2. The lowest BCUT2D eigenvalue weighted by molar-refractivity contribution is -0.149. The predicted molar refractivity (Wildman–Crippen MR) is 65.7 cm³/mol. The number of benzene rings is 1. The molecular weight excluding hydrogens is 259 g/mol. The van der Waals surface area contributed by atoms with Gasteiger partial charge in [-0.25, -0.2) is 0 Å². The van der Waals surface area contributed by atoms with Crippen molar-refractivity contribution in [2.45, 2.75) is 20.0 Å². The standard InChI is InChI=1S/C13H16F3NO2/c1-12(2,11(18)19-3)8-17-10-7-5-4-6-9(10)13(14,15)16/h4-7,17H,8H2,1-3H3. The molecule has 0 atom stereocenters. The van der Waals surface area contributed by atoms with Crippen molar-refractivity contribution < 1.29 is 22.7 Å². The Bertz CT molecular complexity index is 455. The average molecular weight is 275 g/mol. The highest BCUT2D eigenvalue weighted by Crippen LogP contribution is 2.35. The van der Waals surface area contributed by atoms with Gasteiger partial charge in [-0.3, -0.25) is 4.79 Å². The van der Waals surface area contributed by atoms with Crippen molar-refractivity contribution in [3.63, 3.8) is 0 Å². The van der Waals surface area contributed by atoms with Crippen molar-refractivity contribution in [1.82, 2.24) is 0 Å². The number of hydrogen-bond donors (Lipinski definition) is 1. The number of hydrogen-bond acceptors (Lipinski definition) is 3. The molecule has 0 spiro atoms. The topological polar surface area (TPSA) is 38.3 Å². The third-order valence-corrected chi connectivity index (χ3v) is 2.69. The summed E-state index contributed by atoms with van der Waals surface area (Å²) >= 11 is 0. The number of alkyl halides is 3. The van der Waals surface area contributed by atoms with E-state index in [0.717, 1.165) is 6.07 Å². The molecule has 0 bridgehead atoms. The molecule has 0 aliphatic rings. The second kappa shape index (κ2) is 5.50. The summed E-state index contributed by atoms with van der Waals surface area (Å²) in [5.74, 6) is -0.482. The van der Waals surface area contributed by atoms with Gasteiger partial charge >= 0.3 is 12.1 Å². The summed E-state index contributed by atoms with van der Waals surface area (Å²) in [5.41, 5.74) is -1.71. The van der Waals surface area contributed by atoms with E-state index in [1.165, 1.54) is 25.3 Å². The summed E-state index contributed by atoms with van der Waals surface area (Å²) < 4.78 is 42.9. The van der Waals surface area contributed by atoms with Gasteiger partial charge in [-0.1, -0.05) is 12.1 Å². The zero-order valence-corrected chi connectivity index (χ0v) is 11.0. The quantitative estimate of drug-likeness (QED) is 0.857. The number of esters is 1. The first-order valence-electron chi connectivity index (χ1n) is 5.67. The molecule has 0 radical (unpaired) electrons. The van der Waals surface area contributed by atoms with Crippen LogP contribution in [0.25, 0.3) is 0 Å². The SMILES string of the molecule is COC(=O)C(C)(C)CNc1ccccc1C(F)(F)F. The maximum absolute atomic E-state index is 12.8. The van der Waals surface area contributed by atoms with Crippen LogP contribution in [0.5, 0.6) is 0 Å². The molecule has 0 saturated carbocycles. The minimum atomic E-state index is -4.43. The Morgan fingerprint density at radius 3 is 2.37 bits per heavy atom. The second-order valence-electron chi connectivity index (χ2n) is 4.77. The first kappa shape index (κ1) is 15.3. The predicted octanol–water partition coefficient (Wildman–Crippen LogP) is 3.32. The molecule has 0 aliphatic heterocycles. The summed E-state index contributed by atoms with van der Waals surface area (Å²) in [6.45, 7) is 3.25. The maximum atomic E-state index is 12.8. The molecule has 0 saturated heterocycles. The van der Waals surface area contributed by atoms with Gasteiger partial charge in [0.1, 0.15) is 0 Å². The first-order valence-corrected chi connectivity index (χ1v) is 5.67. The number of ether oxygens (including phenoxy) is 1. The van der Waals surface area contributed by atoms with Gasteiger partial charge in [-0.05, 0) is 26.0 Å². The van der Waals surface area contributed by atoms with Crippen LogP contribution in [0.4, 0.5) is 18.9 Å². The number of halogens is 3. The summed E-state index contributed by atoms with van der Waals surface area (Å²) in [4.78, 5) is 11.5. The smallest absolute Gasteiger partial charge is 0.418 e. The van der Waals surface area contributed by atoms with E-state index in [1.807, 2.05) is 0 Å². The third-order valence-electron chi connectivity index (χ3n) is 2.69. The van der Waals surface area contributed by atoms with Crippen molar-refractivity contribution in [1.29, 1.82) is 0 Å². The van der Waals surface area contributed by atoms with E-state index < -0.39 is 23.1 Å². The van der Waals surface area contributed by atoms with Gasteiger partial charge in [-0.2, -0.15) is 13.2 Å². The molecule has 0 unspecified atom stereocenters. The van der Waals surface area contributed by atoms with Crippen LogP contribution in [-0.4, -0.2) is 19.6 Å². The van der Waals surface area contributed by atoms with Crippen molar-refractivity contribution >= 4 is 11.7 Å². The Morgan fingerprint density at radius 2 is 1.84 bits per heavy atom. The monoisotopic (exact) mass is 275 g/mol. The fourth-order valence-electron chi connectivity index (χ4n) is 1.55. The van der Waals surface area contributed by atoms with E-state index in [4.69, 9.17) is 0 Å². The van der Waals surface area contributed by atoms with Crippen LogP contribution < -0.4 is 5.32 Å². The van der Waals surface area contributed by atoms with Crippen LogP contribution in [0.2, 0.25) is 0 Å². The van der Waals surface area contributed by atoms with Crippen LogP contribution in [-0.2, 0) is 15.7 Å². The number of methoxy groups -OCH3 is 1. The van der Waals surface area contributed by atoms with Gasteiger partial charge in [0.15, 0.2) is 0 Å². The van der Waals surface area contributed by atoms with Crippen molar-refractivity contribution in [3.8, 4) is 0 Å². The zero-order chi connectivity index (χ0) is 14.7. The van der Waals surface area contributed by atoms with Gasteiger partial charge in [0, 0.05) is 12.2 Å². The largest absolute Gasteiger partial charge is 0.469 e. The molecule has 0 aliphatic carbocycles. The third kappa shape index (κ3) is 3.87. The zero-order valence-electron chi connectivity index (χ0n) is 11.0. The van der Waals surface area contributed by atoms with E-state index in [1.54, 1.807) is 13.8 Å².